The molecule has 0 bridgehead atoms. The van der Waals surface area contributed by atoms with Crippen molar-refractivity contribution in [3.8, 4) is 0 Å². The van der Waals surface area contributed by atoms with Crippen LogP contribution in [0.4, 0.5) is 4.39 Å². The maximum absolute atomic E-state index is 13.0. The van der Waals surface area contributed by atoms with Crippen molar-refractivity contribution in [2.24, 2.45) is 5.73 Å². The Morgan fingerprint density at radius 2 is 2.11 bits per heavy atom. The lowest BCUT2D eigenvalue weighted by atomic mass is 10.0. The number of morpholine rings is 1. The van der Waals surface area contributed by atoms with Gasteiger partial charge in [-0.25, -0.2) is 4.39 Å². The van der Waals surface area contributed by atoms with Gasteiger partial charge in [-0.2, -0.15) is 0 Å². The van der Waals surface area contributed by atoms with E-state index in [4.69, 9.17) is 10.5 Å². The number of ether oxygens (including phenoxy) is 1. The van der Waals surface area contributed by atoms with E-state index < -0.39 is 0 Å². The van der Waals surface area contributed by atoms with Crippen molar-refractivity contribution < 1.29 is 9.13 Å². The van der Waals surface area contributed by atoms with Gasteiger partial charge in [-0.15, -0.1) is 0 Å². The Morgan fingerprint density at radius 1 is 1.42 bits per heavy atom. The molecule has 1 fully saturated rings. The highest BCUT2D eigenvalue weighted by Gasteiger charge is 2.31. The molecule has 0 saturated carbocycles. The average molecular weight is 266 g/mol. The van der Waals surface area contributed by atoms with E-state index in [1.165, 1.54) is 12.1 Å². The molecule has 4 heteroatoms. The lowest BCUT2D eigenvalue weighted by Crippen LogP contribution is -2.51. The van der Waals surface area contributed by atoms with Crippen molar-refractivity contribution in [1.82, 2.24) is 4.90 Å². The Balaban J connectivity index is 2.21. The van der Waals surface area contributed by atoms with E-state index in [2.05, 4.69) is 18.7 Å². The van der Waals surface area contributed by atoms with Crippen LogP contribution in [-0.2, 0) is 4.74 Å². The van der Waals surface area contributed by atoms with Crippen LogP contribution >= 0.6 is 0 Å². The molecule has 0 spiro atoms. The summed E-state index contributed by atoms with van der Waals surface area (Å²) in [5, 5.41) is 0. The third-order valence-corrected chi connectivity index (χ3v) is 3.86. The van der Waals surface area contributed by atoms with Gasteiger partial charge in [0.25, 0.3) is 0 Å². The minimum atomic E-state index is -0.207. The summed E-state index contributed by atoms with van der Waals surface area (Å²) in [6, 6.07) is 7.19. The molecule has 19 heavy (non-hydrogen) atoms. The lowest BCUT2D eigenvalue weighted by Gasteiger charge is -2.43. The van der Waals surface area contributed by atoms with Crippen molar-refractivity contribution in [3.63, 3.8) is 0 Å². The summed E-state index contributed by atoms with van der Waals surface area (Å²) in [4.78, 5) is 2.40. The number of hydrogen-bond acceptors (Lipinski definition) is 3. The van der Waals surface area contributed by atoms with E-state index in [-0.39, 0.29) is 18.0 Å². The number of nitrogens with zero attached hydrogens (tertiary/aromatic N) is 1. The third kappa shape index (κ3) is 3.32. The average Bonchev–Trinajstić information content (AvgIpc) is 2.42. The van der Waals surface area contributed by atoms with Gasteiger partial charge in [0.05, 0.1) is 12.7 Å². The van der Waals surface area contributed by atoms with E-state index in [9.17, 15) is 4.39 Å². The zero-order valence-electron chi connectivity index (χ0n) is 11.7. The summed E-state index contributed by atoms with van der Waals surface area (Å²) in [6.45, 7) is 6.40. The number of nitrogens with two attached hydrogens (primary N) is 1. The molecule has 0 radical (unpaired) electrons. The van der Waals surface area contributed by atoms with Crippen LogP contribution in [0.3, 0.4) is 0 Å². The van der Waals surface area contributed by atoms with Crippen molar-refractivity contribution in [1.29, 1.82) is 0 Å². The first-order valence-corrected chi connectivity index (χ1v) is 6.98. The van der Waals surface area contributed by atoms with Crippen LogP contribution in [0.15, 0.2) is 24.3 Å². The van der Waals surface area contributed by atoms with Crippen LogP contribution in [-0.4, -0.2) is 36.7 Å². The van der Waals surface area contributed by atoms with Crippen LogP contribution in [0.25, 0.3) is 0 Å². The lowest BCUT2D eigenvalue weighted by molar-refractivity contribution is -0.0719. The van der Waals surface area contributed by atoms with E-state index in [0.29, 0.717) is 12.6 Å². The molecule has 2 rings (SSSR count). The fourth-order valence-corrected chi connectivity index (χ4v) is 2.75. The molecular weight excluding hydrogens is 243 g/mol. The first kappa shape index (κ1) is 14.4. The highest BCUT2D eigenvalue weighted by atomic mass is 19.1. The molecule has 1 saturated heterocycles. The second-order valence-electron chi connectivity index (χ2n) is 5.21. The number of halogens is 1. The predicted molar refractivity (Wildman–Crippen MR) is 74.4 cm³/mol. The highest BCUT2D eigenvalue weighted by molar-refractivity contribution is 5.21. The first-order chi connectivity index (χ1) is 9.15. The van der Waals surface area contributed by atoms with Gasteiger partial charge in [0.2, 0.25) is 0 Å². The van der Waals surface area contributed by atoms with Crippen LogP contribution in [0.1, 0.15) is 31.9 Å². The molecule has 1 aliphatic rings. The Hall–Kier alpha value is -0.970. The molecule has 2 N–H and O–H groups in total. The van der Waals surface area contributed by atoms with Crippen molar-refractivity contribution in [2.45, 2.75) is 38.5 Å². The van der Waals surface area contributed by atoms with E-state index in [1.807, 2.05) is 12.1 Å². The second kappa shape index (κ2) is 6.46. The fraction of sp³-hybridized carbons (Fsp3) is 0.600. The van der Waals surface area contributed by atoms with Gasteiger partial charge >= 0.3 is 0 Å². The Morgan fingerprint density at radius 3 is 2.68 bits per heavy atom. The maximum Gasteiger partial charge on any atom is 0.123 e. The molecule has 0 aliphatic carbocycles. The maximum atomic E-state index is 13.0. The van der Waals surface area contributed by atoms with E-state index >= 15 is 0 Å². The zero-order chi connectivity index (χ0) is 13.8. The Kier molecular flexibility index (Phi) is 4.91. The third-order valence-electron chi connectivity index (χ3n) is 3.86. The molecule has 1 heterocycles. The van der Waals surface area contributed by atoms with Gasteiger partial charge in [0.1, 0.15) is 5.82 Å². The minimum Gasteiger partial charge on any atom is -0.376 e. The Bertz CT molecular complexity index is 396. The number of hydrogen-bond donors (Lipinski definition) is 1. The van der Waals surface area contributed by atoms with Gasteiger partial charge in [0, 0.05) is 25.2 Å². The summed E-state index contributed by atoms with van der Waals surface area (Å²) in [6.07, 6.45) is 1.25. The topological polar surface area (TPSA) is 38.5 Å². The van der Waals surface area contributed by atoms with Crippen molar-refractivity contribution >= 4 is 0 Å². The molecular formula is C15H23FN2O. The van der Waals surface area contributed by atoms with Crippen LogP contribution in [0.5, 0.6) is 0 Å². The first-order valence-electron chi connectivity index (χ1n) is 6.98. The second-order valence-corrected chi connectivity index (χ2v) is 5.21. The van der Waals surface area contributed by atoms with E-state index in [0.717, 1.165) is 25.1 Å². The molecule has 3 unspecified atom stereocenters. The molecule has 3 atom stereocenters. The Labute approximate surface area is 114 Å². The van der Waals surface area contributed by atoms with Gasteiger partial charge in [-0.1, -0.05) is 19.1 Å². The molecule has 1 aliphatic heterocycles. The summed E-state index contributed by atoms with van der Waals surface area (Å²) < 4.78 is 18.8. The largest absolute Gasteiger partial charge is 0.376 e. The highest BCUT2D eigenvalue weighted by Crippen LogP contribution is 2.27. The normalized spacial score (nSPS) is 26.3. The van der Waals surface area contributed by atoms with Gasteiger partial charge in [-0.3, -0.25) is 4.90 Å². The molecule has 1 aromatic carbocycles. The molecule has 0 aromatic heterocycles. The quantitative estimate of drug-likeness (QED) is 0.909. The summed E-state index contributed by atoms with van der Waals surface area (Å²) in [7, 11) is 0. The van der Waals surface area contributed by atoms with Gasteiger partial charge in [-0.05, 0) is 31.0 Å². The smallest absolute Gasteiger partial charge is 0.123 e. The van der Waals surface area contributed by atoms with Gasteiger partial charge < -0.3 is 10.5 Å². The summed E-state index contributed by atoms with van der Waals surface area (Å²) in [5.74, 6) is -0.207. The van der Waals surface area contributed by atoms with Crippen LogP contribution in [0, 0.1) is 5.82 Å². The zero-order valence-corrected chi connectivity index (χ0v) is 11.7. The van der Waals surface area contributed by atoms with Crippen LogP contribution in [0.2, 0.25) is 0 Å². The minimum absolute atomic E-state index is 0.136. The summed E-state index contributed by atoms with van der Waals surface area (Å²) in [5.41, 5.74) is 7.04. The van der Waals surface area contributed by atoms with Crippen molar-refractivity contribution in [3.05, 3.63) is 35.6 Å². The standard InChI is InChI=1S/C15H23FN2O/c1-3-14-10-19-11(2)9-18(14)15(8-17)12-4-6-13(16)7-5-12/h4-7,11,14-15H,3,8-10,17H2,1-2H3. The fourth-order valence-electron chi connectivity index (χ4n) is 2.75. The monoisotopic (exact) mass is 266 g/mol. The van der Waals surface area contributed by atoms with E-state index in [1.54, 1.807) is 0 Å². The SMILES string of the molecule is CCC1COC(C)CN1C(CN)c1ccc(F)cc1. The van der Waals surface area contributed by atoms with Gasteiger partial charge in [0.15, 0.2) is 0 Å². The molecule has 3 nitrogen and oxygen atoms in total. The number of rotatable bonds is 4. The molecule has 0 amide bonds. The predicted octanol–water partition coefficient (Wildman–Crippen LogP) is 2.32. The van der Waals surface area contributed by atoms with Crippen LogP contribution < -0.4 is 5.73 Å². The molecule has 1 aromatic rings. The number of benzene rings is 1. The van der Waals surface area contributed by atoms with Crippen molar-refractivity contribution in [2.75, 3.05) is 19.7 Å². The molecule has 106 valence electrons. The summed E-state index contributed by atoms with van der Waals surface area (Å²) >= 11 is 0.